The lowest BCUT2D eigenvalue weighted by Gasteiger charge is -2.13. The summed E-state index contributed by atoms with van der Waals surface area (Å²) in [5.74, 6) is -0.142. The van der Waals surface area contributed by atoms with Gasteiger partial charge in [-0.05, 0) is 37.5 Å². The van der Waals surface area contributed by atoms with Crippen molar-refractivity contribution in [3.05, 3.63) is 28.2 Å². The molecule has 0 spiro atoms. The molecule has 0 radical (unpaired) electrons. The predicted octanol–water partition coefficient (Wildman–Crippen LogP) is 2.77. The molecule has 6 heteroatoms. The molecule has 1 aromatic carbocycles. The fraction of sp³-hybridized carbons (Fsp3) is 0.417. The van der Waals surface area contributed by atoms with Crippen molar-refractivity contribution in [2.45, 2.75) is 29.4 Å². The van der Waals surface area contributed by atoms with Crippen LogP contribution in [0, 0.1) is 0 Å². The first-order chi connectivity index (χ1) is 8.59. The fourth-order valence-electron chi connectivity index (χ4n) is 1.88. The molecule has 3 nitrogen and oxygen atoms in total. The zero-order valence-corrected chi connectivity index (χ0v) is 11.9. The van der Waals surface area contributed by atoms with Crippen LogP contribution in [0.4, 0.5) is 0 Å². The van der Waals surface area contributed by atoms with E-state index in [1.54, 1.807) is 18.2 Å². The summed E-state index contributed by atoms with van der Waals surface area (Å²) in [6, 6.07) is 4.83. The summed E-state index contributed by atoms with van der Waals surface area (Å²) >= 11 is 11.7. The Morgan fingerprint density at radius 1 is 1.22 bits per heavy atom. The number of carbonyl (C=O) groups is 1. The molecular weight excluding hydrogens is 293 g/mol. The molecule has 1 heterocycles. The summed E-state index contributed by atoms with van der Waals surface area (Å²) in [5, 5.41) is 3.06. The smallest absolute Gasteiger partial charge is 0.236 e. The Balaban J connectivity index is 2.23. The zero-order valence-electron chi connectivity index (χ0n) is 9.62. The van der Waals surface area contributed by atoms with Gasteiger partial charge in [0.05, 0.1) is 20.8 Å². The topological polar surface area (TPSA) is 46.2 Å². The Morgan fingerprint density at radius 2 is 2.00 bits per heavy atom. The molecule has 18 heavy (non-hydrogen) atoms. The Hall–Kier alpha value is -0.580. The van der Waals surface area contributed by atoms with E-state index in [1.807, 2.05) is 0 Å². The third-order valence-corrected chi connectivity index (χ3v) is 5.29. The second-order valence-electron chi connectivity index (χ2n) is 4.15. The summed E-state index contributed by atoms with van der Waals surface area (Å²) in [5.41, 5.74) is 0. The van der Waals surface area contributed by atoms with E-state index < -0.39 is 16.0 Å². The number of hydrogen-bond donors (Lipinski definition) is 1. The van der Waals surface area contributed by atoms with Crippen LogP contribution >= 0.6 is 23.2 Å². The predicted molar refractivity (Wildman–Crippen MR) is 73.5 cm³/mol. The molecule has 1 aliphatic heterocycles. The average Bonchev–Trinajstić information content (AvgIpc) is 2.56. The van der Waals surface area contributed by atoms with Crippen molar-refractivity contribution in [2.24, 2.45) is 0 Å². The number of benzene rings is 1. The number of rotatable bonds is 2. The van der Waals surface area contributed by atoms with Crippen LogP contribution < -0.4 is 5.32 Å². The maximum absolute atomic E-state index is 12.4. The first-order valence-corrected chi connectivity index (χ1v) is 7.70. The SMILES string of the molecule is O=C1NCCCCC1S(=O)c1ccc(Cl)c(Cl)c1. The van der Waals surface area contributed by atoms with Crippen molar-refractivity contribution in [3.63, 3.8) is 0 Å². The van der Waals surface area contributed by atoms with Crippen molar-refractivity contribution in [1.29, 1.82) is 0 Å². The molecule has 0 aromatic heterocycles. The highest BCUT2D eigenvalue weighted by atomic mass is 35.5. The second kappa shape index (κ2) is 6.04. The van der Waals surface area contributed by atoms with Gasteiger partial charge < -0.3 is 5.32 Å². The van der Waals surface area contributed by atoms with Gasteiger partial charge in [-0.25, -0.2) is 0 Å². The molecule has 1 aliphatic rings. The quantitative estimate of drug-likeness (QED) is 0.913. The molecule has 1 aromatic rings. The molecule has 2 rings (SSSR count). The lowest BCUT2D eigenvalue weighted by atomic mass is 10.2. The summed E-state index contributed by atoms with van der Waals surface area (Å²) in [6.45, 7) is 0.661. The van der Waals surface area contributed by atoms with E-state index in [2.05, 4.69) is 5.32 Å². The minimum Gasteiger partial charge on any atom is -0.355 e. The van der Waals surface area contributed by atoms with Gasteiger partial charge in [-0.15, -0.1) is 0 Å². The normalized spacial score (nSPS) is 22.1. The minimum absolute atomic E-state index is 0.142. The molecular formula is C12H13Cl2NO2S. The number of amides is 1. The zero-order chi connectivity index (χ0) is 13.1. The van der Waals surface area contributed by atoms with Gasteiger partial charge >= 0.3 is 0 Å². The van der Waals surface area contributed by atoms with E-state index in [0.717, 1.165) is 12.8 Å². The molecule has 1 saturated heterocycles. The molecule has 98 valence electrons. The number of hydrogen-bond acceptors (Lipinski definition) is 2. The van der Waals surface area contributed by atoms with Gasteiger partial charge in [0.2, 0.25) is 5.91 Å². The van der Waals surface area contributed by atoms with Crippen LogP contribution in [0.2, 0.25) is 10.0 Å². The van der Waals surface area contributed by atoms with Crippen molar-refractivity contribution in [3.8, 4) is 0 Å². The van der Waals surface area contributed by atoms with Crippen LogP contribution in [0.5, 0.6) is 0 Å². The highest BCUT2D eigenvalue weighted by Crippen LogP contribution is 2.26. The van der Waals surface area contributed by atoms with Crippen molar-refractivity contribution in [2.75, 3.05) is 6.54 Å². The van der Waals surface area contributed by atoms with Crippen molar-refractivity contribution < 1.29 is 9.00 Å². The monoisotopic (exact) mass is 305 g/mol. The third-order valence-electron chi connectivity index (χ3n) is 2.87. The van der Waals surface area contributed by atoms with Gasteiger partial charge in [0.15, 0.2) is 0 Å². The van der Waals surface area contributed by atoms with Crippen LogP contribution in [0.25, 0.3) is 0 Å². The maximum atomic E-state index is 12.4. The first kappa shape index (κ1) is 13.8. The maximum Gasteiger partial charge on any atom is 0.236 e. The third kappa shape index (κ3) is 3.05. The van der Waals surface area contributed by atoms with Gasteiger partial charge in [0, 0.05) is 11.4 Å². The first-order valence-electron chi connectivity index (χ1n) is 5.73. The van der Waals surface area contributed by atoms with Crippen LogP contribution in [0.15, 0.2) is 23.1 Å². The van der Waals surface area contributed by atoms with Crippen LogP contribution in [-0.4, -0.2) is 21.9 Å². The summed E-state index contributed by atoms with van der Waals surface area (Å²) < 4.78 is 12.4. The number of nitrogens with one attached hydrogen (secondary N) is 1. The summed E-state index contributed by atoms with van der Waals surface area (Å²) in [6.07, 6.45) is 2.47. The van der Waals surface area contributed by atoms with E-state index in [-0.39, 0.29) is 5.91 Å². The molecule has 0 saturated carbocycles. The van der Waals surface area contributed by atoms with Crippen LogP contribution in [0.1, 0.15) is 19.3 Å². The molecule has 1 N–H and O–H groups in total. The van der Waals surface area contributed by atoms with Crippen molar-refractivity contribution >= 4 is 39.9 Å². The molecule has 0 bridgehead atoms. The highest BCUT2D eigenvalue weighted by Gasteiger charge is 2.27. The second-order valence-corrected chi connectivity index (χ2v) is 6.60. The van der Waals surface area contributed by atoms with E-state index in [4.69, 9.17) is 23.2 Å². The minimum atomic E-state index is -1.38. The Labute approximate surface area is 118 Å². The Bertz CT molecular complexity index is 493. The van der Waals surface area contributed by atoms with Gasteiger partial charge in [0.25, 0.3) is 0 Å². The van der Waals surface area contributed by atoms with E-state index in [9.17, 15) is 9.00 Å². The van der Waals surface area contributed by atoms with Gasteiger partial charge in [-0.2, -0.15) is 0 Å². The van der Waals surface area contributed by atoms with E-state index >= 15 is 0 Å². The van der Waals surface area contributed by atoms with Crippen LogP contribution in [0.3, 0.4) is 0 Å². The van der Waals surface area contributed by atoms with Gasteiger partial charge in [-0.1, -0.05) is 23.2 Å². The highest BCUT2D eigenvalue weighted by molar-refractivity contribution is 7.86. The molecule has 0 aliphatic carbocycles. The lowest BCUT2D eigenvalue weighted by molar-refractivity contribution is -0.120. The van der Waals surface area contributed by atoms with Crippen LogP contribution in [-0.2, 0) is 15.6 Å². The molecule has 1 fully saturated rings. The summed E-state index contributed by atoms with van der Waals surface area (Å²) in [7, 11) is -1.38. The summed E-state index contributed by atoms with van der Waals surface area (Å²) in [4.78, 5) is 12.4. The van der Waals surface area contributed by atoms with Gasteiger partial charge in [0.1, 0.15) is 5.25 Å². The molecule has 1 amide bonds. The average molecular weight is 306 g/mol. The number of halogens is 2. The van der Waals surface area contributed by atoms with E-state index in [0.29, 0.717) is 27.9 Å². The Morgan fingerprint density at radius 3 is 2.72 bits per heavy atom. The Kier molecular flexibility index (Phi) is 4.65. The molecule has 2 atom stereocenters. The van der Waals surface area contributed by atoms with E-state index in [1.165, 1.54) is 0 Å². The number of carbonyl (C=O) groups excluding carboxylic acids is 1. The standard InChI is InChI=1S/C12H13Cl2NO2S/c13-9-5-4-8(7-10(9)14)18(17)11-3-1-2-6-15-12(11)16/h4-5,7,11H,1-3,6H2,(H,15,16). The largest absolute Gasteiger partial charge is 0.355 e. The fourth-order valence-corrected chi connectivity index (χ4v) is 3.67. The lowest BCUT2D eigenvalue weighted by Crippen LogP contribution is -2.35. The molecule has 2 unspecified atom stereocenters. The van der Waals surface area contributed by atoms with Crippen molar-refractivity contribution in [1.82, 2.24) is 5.32 Å². The van der Waals surface area contributed by atoms with Gasteiger partial charge in [-0.3, -0.25) is 9.00 Å².